The van der Waals surface area contributed by atoms with Crippen LogP contribution < -0.4 is 11.1 Å². The molecule has 2 aromatic rings. The number of hydrogen-bond acceptors (Lipinski definition) is 4. The monoisotopic (exact) mass is 403 g/mol. The summed E-state index contributed by atoms with van der Waals surface area (Å²) in [5.74, 6) is -2.27. The summed E-state index contributed by atoms with van der Waals surface area (Å²) >= 11 is 0.994. The largest absolute Gasteiger partial charge is 0.368 e. The van der Waals surface area contributed by atoms with Crippen molar-refractivity contribution in [3.05, 3.63) is 70.5 Å². The molecule has 0 bridgehead atoms. The molecule has 5 nitrogen and oxygen atoms in total. The number of nitrogens with one attached hydrogen (secondary N) is 1. The fraction of sp³-hybridized carbons (Fsp3) is 0.250. The fourth-order valence-electron chi connectivity index (χ4n) is 3.18. The zero-order valence-corrected chi connectivity index (χ0v) is 16.0. The van der Waals surface area contributed by atoms with Gasteiger partial charge in [0.15, 0.2) is 4.75 Å². The molecule has 1 aliphatic heterocycles. The van der Waals surface area contributed by atoms with Crippen molar-refractivity contribution in [2.45, 2.75) is 18.1 Å². The molecule has 2 aromatic carbocycles. The van der Waals surface area contributed by atoms with Crippen molar-refractivity contribution in [2.24, 2.45) is 10.7 Å². The van der Waals surface area contributed by atoms with Crippen LogP contribution in [-0.2, 0) is 16.0 Å². The van der Waals surface area contributed by atoms with E-state index in [1.54, 1.807) is 37.3 Å². The van der Waals surface area contributed by atoms with E-state index >= 15 is 0 Å². The highest BCUT2D eigenvalue weighted by molar-refractivity contribution is 8.02. The highest BCUT2D eigenvalue weighted by Gasteiger charge is 2.49. The summed E-state index contributed by atoms with van der Waals surface area (Å²) in [4.78, 5) is 28.4. The first-order valence-electron chi connectivity index (χ1n) is 8.63. The minimum absolute atomic E-state index is 0.0856. The highest BCUT2D eigenvalue weighted by Crippen LogP contribution is 2.44. The van der Waals surface area contributed by atoms with Gasteiger partial charge in [0, 0.05) is 12.1 Å². The van der Waals surface area contributed by atoms with Gasteiger partial charge in [0.2, 0.25) is 11.9 Å². The average molecular weight is 403 g/mol. The summed E-state index contributed by atoms with van der Waals surface area (Å²) < 4.78 is 25.7. The summed E-state index contributed by atoms with van der Waals surface area (Å²) in [5, 5.41) is 2.79. The third-order valence-corrected chi connectivity index (χ3v) is 5.97. The molecule has 0 aromatic heterocycles. The lowest BCUT2D eigenvalue weighted by Crippen LogP contribution is -2.42. The Morgan fingerprint density at radius 3 is 2.54 bits per heavy atom. The lowest BCUT2D eigenvalue weighted by Gasteiger charge is -2.25. The van der Waals surface area contributed by atoms with Gasteiger partial charge in [-0.25, -0.2) is 9.38 Å². The van der Waals surface area contributed by atoms with E-state index in [1.807, 2.05) is 0 Å². The summed E-state index contributed by atoms with van der Waals surface area (Å²) in [5.41, 5.74) is 7.52. The molecule has 0 saturated carbocycles. The topological polar surface area (TPSA) is 84.5 Å². The van der Waals surface area contributed by atoms with Gasteiger partial charge in [0.1, 0.15) is 5.82 Å². The van der Waals surface area contributed by atoms with Crippen molar-refractivity contribution in [3.63, 3.8) is 0 Å². The van der Waals surface area contributed by atoms with Crippen LogP contribution in [0.5, 0.6) is 0 Å². The maximum absolute atomic E-state index is 14.4. The van der Waals surface area contributed by atoms with Crippen LogP contribution in [0.15, 0.2) is 47.5 Å². The van der Waals surface area contributed by atoms with Crippen molar-refractivity contribution in [1.82, 2.24) is 5.32 Å². The first-order chi connectivity index (χ1) is 13.4. The Balaban J connectivity index is 1.79. The van der Waals surface area contributed by atoms with Gasteiger partial charge in [0.05, 0.1) is 5.88 Å². The number of primary amides is 1. The summed E-state index contributed by atoms with van der Waals surface area (Å²) in [6, 6.07) is 10.8. The molecule has 0 fully saturated rings. The second kappa shape index (κ2) is 8.10. The van der Waals surface area contributed by atoms with Gasteiger partial charge >= 0.3 is 0 Å². The van der Waals surface area contributed by atoms with Crippen LogP contribution in [0.4, 0.5) is 8.78 Å². The second-order valence-electron chi connectivity index (χ2n) is 6.38. The molecule has 1 heterocycles. The molecule has 3 rings (SSSR count). The molecule has 1 unspecified atom stereocenters. The minimum atomic E-state index is -1.70. The maximum Gasteiger partial charge on any atom is 0.251 e. The Bertz CT molecular complexity index is 947. The number of nitrogens with two attached hydrogens (primary N) is 1. The molecular formula is C20H19F2N3O2S. The van der Waals surface area contributed by atoms with E-state index in [0.29, 0.717) is 29.7 Å². The Hall–Kier alpha value is -2.74. The Morgan fingerprint density at radius 1 is 1.21 bits per heavy atom. The number of carbonyl (C=O) groups excluding carboxylic acids is 2. The van der Waals surface area contributed by atoms with Crippen molar-refractivity contribution >= 4 is 29.5 Å². The van der Waals surface area contributed by atoms with Crippen LogP contribution in [0.25, 0.3) is 0 Å². The Labute approximate surface area is 165 Å². The van der Waals surface area contributed by atoms with Crippen LogP contribution >= 0.6 is 11.8 Å². The number of thioether (sulfide) groups is 1. The van der Waals surface area contributed by atoms with E-state index in [-0.39, 0.29) is 17.6 Å². The molecule has 3 N–H and O–H groups in total. The van der Waals surface area contributed by atoms with E-state index in [1.165, 1.54) is 12.1 Å². The number of amides is 2. The number of aliphatic imine (C=N–C) groups is 1. The molecule has 1 atom stereocenters. The van der Waals surface area contributed by atoms with Crippen molar-refractivity contribution in [1.29, 1.82) is 0 Å². The average Bonchev–Trinajstić information content (AvgIpc) is 3.06. The van der Waals surface area contributed by atoms with E-state index in [0.717, 1.165) is 17.3 Å². The van der Waals surface area contributed by atoms with Crippen LogP contribution in [0.2, 0.25) is 0 Å². The number of benzene rings is 2. The highest BCUT2D eigenvalue weighted by atomic mass is 32.2. The molecule has 0 aliphatic carbocycles. The first-order valence-corrected chi connectivity index (χ1v) is 9.62. The third kappa shape index (κ3) is 3.64. The van der Waals surface area contributed by atoms with Gasteiger partial charge in [-0.15, -0.1) is 11.8 Å². The van der Waals surface area contributed by atoms with Gasteiger partial charge in [-0.1, -0.05) is 24.3 Å². The first kappa shape index (κ1) is 20.0. The molecule has 8 heteroatoms. The van der Waals surface area contributed by atoms with E-state index in [2.05, 4.69) is 10.3 Å². The maximum atomic E-state index is 14.4. The normalized spacial score (nSPS) is 18.6. The Kier molecular flexibility index (Phi) is 5.79. The van der Waals surface area contributed by atoms with Gasteiger partial charge in [-0.3, -0.25) is 9.59 Å². The van der Waals surface area contributed by atoms with Gasteiger partial charge in [-0.2, -0.15) is 4.39 Å². The number of rotatable bonds is 6. The van der Waals surface area contributed by atoms with E-state index in [9.17, 15) is 18.4 Å². The fourth-order valence-corrected chi connectivity index (χ4v) is 4.25. The smallest absolute Gasteiger partial charge is 0.251 e. The third-order valence-electron chi connectivity index (χ3n) is 4.69. The van der Waals surface area contributed by atoms with Crippen LogP contribution in [-0.4, -0.2) is 30.2 Å². The van der Waals surface area contributed by atoms with Crippen molar-refractivity contribution < 1.29 is 18.4 Å². The molecular weight excluding hydrogens is 384 g/mol. The predicted octanol–water partition coefficient (Wildman–Crippen LogP) is 2.86. The van der Waals surface area contributed by atoms with Crippen molar-refractivity contribution in [3.8, 4) is 0 Å². The molecule has 28 heavy (non-hydrogen) atoms. The van der Waals surface area contributed by atoms with Crippen LogP contribution in [0.1, 0.15) is 27.0 Å². The van der Waals surface area contributed by atoms with Gasteiger partial charge in [-0.05, 0) is 48.2 Å². The standard InChI is InChI=1S/C20H19F2N3O2S/c1-12-15(17(26)24-10-9-13-5-7-14(21)8-6-13)3-2-4-16(12)20(19(23)27)18(22)25-11-28-20/h2-8H,9-11H2,1H3,(H2,23,27)(H,24,26). The zero-order chi connectivity index (χ0) is 20.3. The van der Waals surface area contributed by atoms with E-state index in [4.69, 9.17) is 5.73 Å². The molecule has 146 valence electrons. The summed E-state index contributed by atoms with van der Waals surface area (Å²) in [6.45, 7) is 2.00. The van der Waals surface area contributed by atoms with Crippen LogP contribution in [0, 0.1) is 12.7 Å². The molecule has 0 radical (unpaired) electrons. The number of nitrogens with zero attached hydrogens (tertiary/aromatic N) is 1. The second-order valence-corrected chi connectivity index (χ2v) is 7.54. The number of carbonyl (C=O) groups is 2. The molecule has 1 aliphatic rings. The minimum Gasteiger partial charge on any atom is -0.368 e. The quantitative estimate of drug-likeness (QED) is 0.778. The molecule has 2 amide bonds. The number of hydrogen-bond donors (Lipinski definition) is 2. The number of halogens is 2. The van der Waals surface area contributed by atoms with Gasteiger partial charge in [0.25, 0.3) is 5.91 Å². The lowest BCUT2D eigenvalue weighted by atomic mass is 9.90. The summed E-state index contributed by atoms with van der Waals surface area (Å²) in [6.07, 6.45) is 0.535. The zero-order valence-electron chi connectivity index (χ0n) is 15.2. The van der Waals surface area contributed by atoms with Crippen LogP contribution in [0.3, 0.4) is 0 Å². The molecule has 0 spiro atoms. The predicted molar refractivity (Wildman–Crippen MR) is 105 cm³/mol. The SMILES string of the molecule is Cc1c(C(=O)NCCc2ccc(F)cc2)cccc1C1(C(N)=O)SCN=C1F. The Morgan fingerprint density at radius 2 is 1.93 bits per heavy atom. The summed E-state index contributed by atoms with van der Waals surface area (Å²) in [7, 11) is 0. The van der Waals surface area contributed by atoms with Gasteiger partial charge < -0.3 is 11.1 Å². The van der Waals surface area contributed by atoms with Crippen molar-refractivity contribution in [2.75, 3.05) is 12.4 Å². The molecule has 0 saturated heterocycles. The van der Waals surface area contributed by atoms with E-state index < -0.39 is 16.6 Å². The lowest BCUT2D eigenvalue weighted by molar-refractivity contribution is -0.119.